The second-order valence-corrected chi connectivity index (χ2v) is 4.39. The van der Waals surface area contributed by atoms with E-state index in [1.807, 2.05) is 32.0 Å². The van der Waals surface area contributed by atoms with Crippen LogP contribution in [0.1, 0.15) is 26.7 Å². The predicted molar refractivity (Wildman–Crippen MR) is 75.7 cm³/mol. The monoisotopic (exact) mass is 279 g/mol. The summed E-state index contributed by atoms with van der Waals surface area (Å²) in [6.07, 6.45) is -0.0929. The third-order valence-corrected chi connectivity index (χ3v) is 2.96. The van der Waals surface area contributed by atoms with Gasteiger partial charge in [0.25, 0.3) is 5.91 Å². The molecule has 0 saturated carbocycles. The van der Waals surface area contributed by atoms with Crippen LogP contribution in [0.2, 0.25) is 0 Å². The molecule has 0 fully saturated rings. The quantitative estimate of drug-likeness (QED) is 0.792. The molecule has 1 atom stereocenters. The van der Waals surface area contributed by atoms with Crippen LogP contribution >= 0.6 is 0 Å². The first kappa shape index (κ1) is 16.0. The highest BCUT2D eigenvalue weighted by Crippen LogP contribution is 2.14. The van der Waals surface area contributed by atoms with E-state index in [9.17, 15) is 9.59 Å². The van der Waals surface area contributed by atoms with Gasteiger partial charge in [-0.25, -0.2) is 0 Å². The van der Waals surface area contributed by atoms with Crippen molar-refractivity contribution in [3.8, 4) is 5.75 Å². The molecule has 1 rings (SSSR count). The van der Waals surface area contributed by atoms with E-state index >= 15 is 0 Å². The molecular formula is C15H21NO4. The van der Waals surface area contributed by atoms with Crippen molar-refractivity contribution in [3.63, 3.8) is 0 Å². The van der Waals surface area contributed by atoms with Crippen LogP contribution < -0.4 is 4.74 Å². The summed E-state index contributed by atoms with van der Waals surface area (Å²) in [5, 5.41) is 8.70. The molecule has 1 unspecified atom stereocenters. The van der Waals surface area contributed by atoms with Crippen molar-refractivity contribution in [1.82, 2.24) is 4.90 Å². The molecule has 1 aromatic carbocycles. The molecule has 5 nitrogen and oxygen atoms in total. The Morgan fingerprint density at radius 1 is 1.25 bits per heavy atom. The average Bonchev–Trinajstić information content (AvgIpc) is 2.46. The molecule has 1 amide bonds. The number of likely N-dealkylation sites (N-methyl/N-ethyl adjacent to an activating group) is 1. The van der Waals surface area contributed by atoms with Crippen LogP contribution in [-0.2, 0) is 9.59 Å². The highest BCUT2D eigenvalue weighted by molar-refractivity contribution is 5.81. The maximum Gasteiger partial charge on any atom is 0.305 e. The molecule has 0 aliphatic heterocycles. The van der Waals surface area contributed by atoms with Crippen molar-refractivity contribution in [2.75, 3.05) is 13.1 Å². The molecule has 110 valence electrons. The minimum atomic E-state index is -0.909. The molecule has 0 saturated heterocycles. The van der Waals surface area contributed by atoms with Gasteiger partial charge in [-0.3, -0.25) is 9.59 Å². The number of benzene rings is 1. The highest BCUT2D eigenvalue weighted by Gasteiger charge is 2.24. The first-order valence-electron chi connectivity index (χ1n) is 6.80. The molecule has 0 spiro atoms. The van der Waals surface area contributed by atoms with E-state index in [1.165, 1.54) is 4.90 Å². The maximum atomic E-state index is 12.3. The largest absolute Gasteiger partial charge is 0.481 e. The van der Waals surface area contributed by atoms with Gasteiger partial charge in [0, 0.05) is 13.1 Å². The number of hydrogen-bond acceptors (Lipinski definition) is 3. The van der Waals surface area contributed by atoms with Crippen molar-refractivity contribution >= 4 is 11.9 Å². The number of hydrogen-bond donors (Lipinski definition) is 1. The van der Waals surface area contributed by atoms with Gasteiger partial charge < -0.3 is 14.7 Å². The summed E-state index contributed by atoms with van der Waals surface area (Å²) in [7, 11) is 0. The summed E-state index contributed by atoms with van der Waals surface area (Å²) < 4.78 is 5.68. The van der Waals surface area contributed by atoms with Crippen LogP contribution in [0.25, 0.3) is 0 Å². The fourth-order valence-corrected chi connectivity index (χ4v) is 1.83. The number of rotatable bonds is 8. The van der Waals surface area contributed by atoms with E-state index in [2.05, 4.69) is 0 Å². The van der Waals surface area contributed by atoms with Gasteiger partial charge in [-0.1, -0.05) is 25.1 Å². The Morgan fingerprint density at radius 3 is 2.40 bits per heavy atom. The van der Waals surface area contributed by atoms with E-state index in [-0.39, 0.29) is 18.9 Å². The van der Waals surface area contributed by atoms with Crippen LogP contribution in [-0.4, -0.2) is 41.1 Å². The molecule has 20 heavy (non-hydrogen) atoms. The summed E-state index contributed by atoms with van der Waals surface area (Å²) >= 11 is 0. The lowest BCUT2D eigenvalue weighted by atomic mass is 10.2. The third-order valence-electron chi connectivity index (χ3n) is 2.96. The summed E-state index contributed by atoms with van der Waals surface area (Å²) in [6.45, 7) is 4.38. The Labute approximate surface area is 119 Å². The molecule has 5 heteroatoms. The van der Waals surface area contributed by atoms with Gasteiger partial charge in [-0.05, 0) is 25.5 Å². The predicted octanol–water partition coefficient (Wildman–Crippen LogP) is 2.17. The van der Waals surface area contributed by atoms with Crippen molar-refractivity contribution in [2.24, 2.45) is 0 Å². The second-order valence-electron chi connectivity index (χ2n) is 4.39. The maximum absolute atomic E-state index is 12.3. The number of carboxylic acid groups (broad SMARTS) is 1. The lowest BCUT2D eigenvalue weighted by Gasteiger charge is -2.25. The van der Waals surface area contributed by atoms with Gasteiger partial charge in [-0.2, -0.15) is 0 Å². The van der Waals surface area contributed by atoms with Crippen molar-refractivity contribution in [3.05, 3.63) is 30.3 Å². The summed E-state index contributed by atoms with van der Waals surface area (Å²) in [6, 6.07) is 9.15. The molecule has 1 aromatic rings. The standard InChI is InChI=1S/C15H21NO4/c1-3-13(20-12-8-6-5-7-9-12)15(19)16(4-2)11-10-14(17)18/h5-9,13H,3-4,10-11H2,1-2H3,(H,17,18). The van der Waals surface area contributed by atoms with Gasteiger partial charge >= 0.3 is 5.97 Å². The molecule has 0 bridgehead atoms. The number of ether oxygens (including phenoxy) is 1. The van der Waals surface area contributed by atoms with Crippen molar-refractivity contribution < 1.29 is 19.4 Å². The number of nitrogens with zero attached hydrogens (tertiary/aromatic N) is 1. The molecule has 0 heterocycles. The first-order valence-corrected chi connectivity index (χ1v) is 6.80. The lowest BCUT2D eigenvalue weighted by Crippen LogP contribution is -2.42. The fourth-order valence-electron chi connectivity index (χ4n) is 1.83. The first-order chi connectivity index (χ1) is 9.58. The topological polar surface area (TPSA) is 66.8 Å². The Bertz CT molecular complexity index is 433. The minimum Gasteiger partial charge on any atom is -0.481 e. The Kier molecular flexibility index (Phi) is 6.56. The van der Waals surface area contributed by atoms with E-state index < -0.39 is 12.1 Å². The fraction of sp³-hybridized carbons (Fsp3) is 0.467. The van der Waals surface area contributed by atoms with Gasteiger partial charge in [0.05, 0.1) is 6.42 Å². The number of carbonyl (C=O) groups is 2. The Morgan fingerprint density at radius 2 is 1.90 bits per heavy atom. The number of amides is 1. The summed E-state index contributed by atoms with van der Waals surface area (Å²) in [4.78, 5) is 24.5. The zero-order chi connectivity index (χ0) is 15.0. The lowest BCUT2D eigenvalue weighted by molar-refractivity contribution is -0.141. The van der Waals surface area contributed by atoms with Crippen LogP contribution in [0.4, 0.5) is 0 Å². The van der Waals surface area contributed by atoms with Gasteiger partial charge in [0.1, 0.15) is 5.75 Å². The average molecular weight is 279 g/mol. The normalized spacial score (nSPS) is 11.7. The zero-order valence-electron chi connectivity index (χ0n) is 11.9. The number of carbonyl (C=O) groups excluding carboxylic acids is 1. The van der Waals surface area contributed by atoms with E-state index in [4.69, 9.17) is 9.84 Å². The van der Waals surface area contributed by atoms with Gasteiger partial charge in [-0.15, -0.1) is 0 Å². The van der Waals surface area contributed by atoms with E-state index in [1.54, 1.807) is 12.1 Å². The van der Waals surface area contributed by atoms with E-state index in [0.29, 0.717) is 18.7 Å². The van der Waals surface area contributed by atoms with Crippen LogP contribution in [0.5, 0.6) is 5.75 Å². The molecule has 0 aliphatic carbocycles. The highest BCUT2D eigenvalue weighted by atomic mass is 16.5. The SMILES string of the molecule is CCC(Oc1ccccc1)C(=O)N(CC)CCC(=O)O. The third kappa shape index (κ3) is 4.91. The molecule has 0 radical (unpaired) electrons. The molecule has 0 aliphatic rings. The zero-order valence-corrected chi connectivity index (χ0v) is 11.9. The van der Waals surface area contributed by atoms with Gasteiger partial charge in [0.2, 0.25) is 0 Å². The number of para-hydroxylation sites is 1. The Balaban J connectivity index is 2.66. The van der Waals surface area contributed by atoms with E-state index in [0.717, 1.165) is 0 Å². The number of carboxylic acids is 1. The van der Waals surface area contributed by atoms with Crippen LogP contribution in [0.3, 0.4) is 0 Å². The second kappa shape index (κ2) is 8.19. The van der Waals surface area contributed by atoms with Gasteiger partial charge in [0.15, 0.2) is 6.10 Å². The Hall–Kier alpha value is -2.04. The minimum absolute atomic E-state index is 0.0542. The molecule has 0 aromatic heterocycles. The molecule has 1 N–H and O–H groups in total. The van der Waals surface area contributed by atoms with Crippen LogP contribution in [0, 0.1) is 0 Å². The van der Waals surface area contributed by atoms with Crippen LogP contribution in [0.15, 0.2) is 30.3 Å². The number of aliphatic carboxylic acids is 1. The smallest absolute Gasteiger partial charge is 0.305 e. The summed E-state index contributed by atoms with van der Waals surface area (Å²) in [5.41, 5.74) is 0. The summed E-state index contributed by atoms with van der Waals surface area (Å²) in [5.74, 6) is -0.435. The van der Waals surface area contributed by atoms with Crippen molar-refractivity contribution in [2.45, 2.75) is 32.8 Å². The molecular weight excluding hydrogens is 258 g/mol. The van der Waals surface area contributed by atoms with Crippen molar-refractivity contribution in [1.29, 1.82) is 0 Å².